The average molecular weight is 267 g/mol. The van der Waals surface area contributed by atoms with Crippen LogP contribution in [0.3, 0.4) is 0 Å². The lowest BCUT2D eigenvalue weighted by molar-refractivity contribution is 0.651. The first-order valence-electron chi connectivity index (χ1n) is 7.50. The molecule has 1 nitrogen and oxygen atoms in total. The Labute approximate surface area is 123 Å². The van der Waals surface area contributed by atoms with Gasteiger partial charge in [0.1, 0.15) is 0 Å². The highest BCUT2D eigenvalue weighted by Crippen LogP contribution is 2.27. The number of nitrogens with zero attached hydrogens (tertiary/aromatic N) is 1. The van der Waals surface area contributed by atoms with E-state index in [0.29, 0.717) is 11.8 Å². The van der Waals surface area contributed by atoms with Crippen molar-refractivity contribution in [1.29, 1.82) is 0 Å². The molecule has 2 aromatic rings. The van der Waals surface area contributed by atoms with Gasteiger partial charge in [-0.1, -0.05) is 58.0 Å². The molecule has 0 heterocycles. The van der Waals surface area contributed by atoms with Crippen molar-refractivity contribution in [1.82, 2.24) is 0 Å². The summed E-state index contributed by atoms with van der Waals surface area (Å²) in [5.41, 5.74) is 3.93. The highest BCUT2D eigenvalue weighted by molar-refractivity contribution is 5.63. The normalized spacial score (nSPS) is 11.1. The Morgan fingerprint density at radius 3 is 1.80 bits per heavy atom. The van der Waals surface area contributed by atoms with E-state index in [1.165, 1.54) is 16.9 Å². The smallest absolute Gasteiger partial charge is 0.0411 e. The summed E-state index contributed by atoms with van der Waals surface area (Å²) in [6.45, 7) is 10.0. The molecule has 0 aliphatic carbocycles. The fourth-order valence-corrected chi connectivity index (χ4v) is 2.37. The highest BCUT2D eigenvalue weighted by Gasteiger charge is 2.11. The third kappa shape index (κ3) is 3.63. The maximum absolute atomic E-state index is 2.40. The summed E-state index contributed by atoms with van der Waals surface area (Å²) in [5, 5.41) is 0. The number of para-hydroxylation sites is 1. The first-order chi connectivity index (χ1) is 9.58. The molecule has 0 bridgehead atoms. The molecular weight excluding hydrogens is 242 g/mol. The van der Waals surface area contributed by atoms with Gasteiger partial charge in [0.05, 0.1) is 0 Å². The molecule has 0 aliphatic heterocycles. The van der Waals surface area contributed by atoms with Crippen molar-refractivity contribution in [3.63, 3.8) is 0 Å². The number of rotatable bonds is 5. The summed E-state index contributed by atoms with van der Waals surface area (Å²) in [7, 11) is 0. The summed E-state index contributed by atoms with van der Waals surface area (Å²) >= 11 is 0. The fourth-order valence-electron chi connectivity index (χ4n) is 2.37. The van der Waals surface area contributed by atoms with Crippen LogP contribution in [-0.4, -0.2) is 6.54 Å². The summed E-state index contributed by atoms with van der Waals surface area (Å²) in [4.78, 5) is 2.40. The fraction of sp³-hybridized carbons (Fsp3) is 0.368. The van der Waals surface area contributed by atoms with Crippen LogP contribution in [0.25, 0.3) is 0 Å². The molecular formula is C19H25N. The van der Waals surface area contributed by atoms with Gasteiger partial charge in [-0.05, 0) is 41.7 Å². The molecule has 0 unspecified atom stereocenters. The molecule has 2 aromatic carbocycles. The van der Waals surface area contributed by atoms with Crippen LogP contribution in [0.1, 0.15) is 39.2 Å². The van der Waals surface area contributed by atoms with Gasteiger partial charge in [-0.2, -0.15) is 0 Å². The highest BCUT2D eigenvalue weighted by atomic mass is 15.1. The van der Waals surface area contributed by atoms with E-state index in [2.05, 4.69) is 87.2 Å². The lowest BCUT2D eigenvalue weighted by atomic mass is 10.0. The van der Waals surface area contributed by atoms with Crippen molar-refractivity contribution in [2.45, 2.75) is 33.6 Å². The molecule has 0 saturated carbocycles. The minimum Gasteiger partial charge on any atom is -0.341 e. The number of hydrogen-bond donors (Lipinski definition) is 0. The summed E-state index contributed by atoms with van der Waals surface area (Å²) in [6.07, 6.45) is 0. The van der Waals surface area contributed by atoms with Gasteiger partial charge in [0.25, 0.3) is 0 Å². The second-order valence-electron chi connectivity index (χ2n) is 6.09. The quantitative estimate of drug-likeness (QED) is 0.681. The SMILES string of the molecule is CC(C)CN(c1ccccc1)c1ccc(C(C)C)cc1. The standard InChI is InChI=1S/C19H25N/c1-15(2)14-20(18-8-6-5-7-9-18)19-12-10-17(11-13-19)16(3)4/h5-13,15-16H,14H2,1-4H3. The molecule has 0 fully saturated rings. The molecule has 0 aromatic heterocycles. The van der Waals surface area contributed by atoms with Crippen LogP contribution in [0, 0.1) is 5.92 Å². The second-order valence-corrected chi connectivity index (χ2v) is 6.09. The molecule has 1 heteroatoms. The van der Waals surface area contributed by atoms with Crippen LogP contribution in [0.5, 0.6) is 0 Å². The van der Waals surface area contributed by atoms with Gasteiger partial charge in [-0.3, -0.25) is 0 Å². The monoisotopic (exact) mass is 267 g/mol. The van der Waals surface area contributed by atoms with Gasteiger partial charge in [0.15, 0.2) is 0 Å². The Bertz CT molecular complexity index is 511. The molecule has 2 rings (SSSR count). The molecule has 0 atom stereocenters. The topological polar surface area (TPSA) is 3.24 Å². The van der Waals surface area contributed by atoms with Crippen molar-refractivity contribution in [2.75, 3.05) is 11.4 Å². The average Bonchev–Trinajstić information content (AvgIpc) is 2.45. The molecule has 0 radical (unpaired) electrons. The van der Waals surface area contributed by atoms with Gasteiger partial charge in [-0.25, -0.2) is 0 Å². The van der Waals surface area contributed by atoms with E-state index in [0.717, 1.165) is 6.54 Å². The van der Waals surface area contributed by atoms with E-state index in [9.17, 15) is 0 Å². The molecule has 0 spiro atoms. The maximum Gasteiger partial charge on any atom is 0.0411 e. The third-order valence-corrected chi connectivity index (χ3v) is 3.49. The Balaban J connectivity index is 2.31. The number of anilines is 2. The van der Waals surface area contributed by atoms with Crippen molar-refractivity contribution in [2.24, 2.45) is 5.92 Å². The molecule has 0 saturated heterocycles. The van der Waals surface area contributed by atoms with Crippen LogP contribution in [0.4, 0.5) is 11.4 Å². The lowest BCUT2D eigenvalue weighted by Crippen LogP contribution is -2.22. The van der Waals surface area contributed by atoms with E-state index >= 15 is 0 Å². The predicted octanol–water partition coefficient (Wildman–Crippen LogP) is 5.60. The van der Waals surface area contributed by atoms with Crippen LogP contribution in [0.2, 0.25) is 0 Å². The number of hydrogen-bond acceptors (Lipinski definition) is 1. The first-order valence-corrected chi connectivity index (χ1v) is 7.50. The molecule has 0 N–H and O–H groups in total. The van der Waals surface area contributed by atoms with Gasteiger partial charge in [0, 0.05) is 17.9 Å². The van der Waals surface area contributed by atoms with Gasteiger partial charge < -0.3 is 4.90 Å². The van der Waals surface area contributed by atoms with Crippen LogP contribution in [0.15, 0.2) is 54.6 Å². The van der Waals surface area contributed by atoms with E-state index in [4.69, 9.17) is 0 Å². The number of benzene rings is 2. The largest absolute Gasteiger partial charge is 0.341 e. The molecule has 0 aliphatic rings. The second kappa shape index (κ2) is 6.60. The summed E-state index contributed by atoms with van der Waals surface area (Å²) < 4.78 is 0. The Morgan fingerprint density at radius 1 is 0.750 bits per heavy atom. The zero-order valence-electron chi connectivity index (χ0n) is 13.0. The Hall–Kier alpha value is -1.76. The zero-order chi connectivity index (χ0) is 14.5. The zero-order valence-corrected chi connectivity index (χ0v) is 13.0. The van der Waals surface area contributed by atoms with Crippen molar-refractivity contribution < 1.29 is 0 Å². The maximum atomic E-state index is 2.40. The third-order valence-electron chi connectivity index (χ3n) is 3.49. The molecule has 0 amide bonds. The van der Waals surface area contributed by atoms with E-state index in [-0.39, 0.29) is 0 Å². The van der Waals surface area contributed by atoms with E-state index in [1.54, 1.807) is 0 Å². The Morgan fingerprint density at radius 2 is 1.30 bits per heavy atom. The van der Waals surface area contributed by atoms with E-state index in [1.807, 2.05) is 0 Å². The minimum atomic E-state index is 0.583. The van der Waals surface area contributed by atoms with Gasteiger partial charge in [0.2, 0.25) is 0 Å². The van der Waals surface area contributed by atoms with Crippen LogP contribution < -0.4 is 4.90 Å². The first kappa shape index (κ1) is 14.6. The van der Waals surface area contributed by atoms with Crippen molar-refractivity contribution in [3.8, 4) is 0 Å². The van der Waals surface area contributed by atoms with Gasteiger partial charge >= 0.3 is 0 Å². The minimum absolute atomic E-state index is 0.583. The molecule has 106 valence electrons. The van der Waals surface area contributed by atoms with Crippen LogP contribution in [-0.2, 0) is 0 Å². The summed E-state index contributed by atoms with van der Waals surface area (Å²) in [5.74, 6) is 1.21. The lowest BCUT2D eigenvalue weighted by Gasteiger charge is -2.27. The van der Waals surface area contributed by atoms with Gasteiger partial charge in [-0.15, -0.1) is 0 Å². The summed E-state index contributed by atoms with van der Waals surface area (Å²) in [6, 6.07) is 19.6. The van der Waals surface area contributed by atoms with Crippen molar-refractivity contribution in [3.05, 3.63) is 60.2 Å². The van der Waals surface area contributed by atoms with Crippen LogP contribution >= 0.6 is 0 Å². The van der Waals surface area contributed by atoms with E-state index < -0.39 is 0 Å². The Kier molecular flexibility index (Phi) is 4.84. The molecule has 20 heavy (non-hydrogen) atoms. The predicted molar refractivity (Wildman–Crippen MR) is 88.8 cm³/mol. The van der Waals surface area contributed by atoms with Crippen molar-refractivity contribution >= 4 is 11.4 Å².